The quantitative estimate of drug-likeness (QED) is 0.591. The molecule has 9 heteroatoms. The number of hydrogen-bond acceptors (Lipinski definition) is 5. The number of benzene rings is 1. The molecule has 0 aliphatic carbocycles. The third-order valence-electron chi connectivity index (χ3n) is 3.86. The molecule has 2 aromatic rings. The second-order valence-electron chi connectivity index (χ2n) is 5.86. The van der Waals surface area contributed by atoms with Crippen LogP contribution in [-0.2, 0) is 22.7 Å². The number of carbonyl (C=O) groups is 2. The number of aromatic nitrogens is 2. The molecule has 0 spiro atoms. The van der Waals surface area contributed by atoms with Crippen molar-refractivity contribution in [2.45, 2.75) is 26.4 Å². The first-order valence-electron chi connectivity index (χ1n) is 7.91. The van der Waals surface area contributed by atoms with Crippen molar-refractivity contribution >= 4 is 17.6 Å². The summed E-state index contributed by atoms with van der Waals surface area (Å²) in [5, 5.41) is 8.91. The topological polar surface area (TPSA) is 138 Å². The van der Waals surface area contributed by atoms with Gasteiger partial charge in [0.15, 0.2) is 0 Å². The third kappa shape index (κ3) is 4.82. The lowest BCUT2D eigenvalue weighted by molar-refractivity contribution is -0.139. The highest BCUT2D eigenvalue weighted by Crippen LogP contribution is 2.14. The monoisotopic (exact) mass is 360 g/mol. The summed E-state index contributed by atoms with van der Waals surface area (Å²) in [6.45, 7) is 1.30. The number of rotatable bonds is 7. The number of aromatic amines is 1. The summed E-state index contributed by atoms with van der Waals surface area (Å²) < 4.78 is 1.08. The van der Waals surface area contributed by atoms with Crippen molar-refractivity contribution in [1.29, 1.82) is 0 Å². The zero-order valence-electron chi connectivity index (χ0n) is 14.3. The summed E-state index contributed by atoms with van der Waals surface area (Å²) in [5.41, 5.74) is 6.13. The zero-order valence-corrected chi connectivity index (χ0v) is 14.3. The van der Waals surface area contributed by atoms with Crippen LogP contribution >= 0.6 is 0 Å². The largest absolute Gasteiger partial charge is 0.481 e. The first kappa shape index (κ1) is 19.0. The predicted octanol–water partition coefficient (Wildman–Crippen LogP) is -0.0693. The van der Waals surface area contributed by atoms with E-state index in [9.17, 15) is 19.2 Å². The molecular formula is C17H20N4O5. The minimum absolute atomic E-state index is 0.0282. The number of nitrogen functional groups attached to an aromatic ring is 1. The van der Waals surface area contributed by atoms with Crippen LogP contribution in [0.15, 0.2) is 40.1 Å². The maximum Gasteiger partial charge on any atom is 0.328 e. The van der Waals surface area contributed by atoms with Gasteiger partial charge in [0.1, 0.15) is 6.54 Å². The number of aryl methyl sites for hydroxylation is 1. The number of para-hydroxylation sites is 1. The van der Waals surface area contributed by atoms with E-state index in [1.165, 1.54) is 18.0 Å². The van der Waals surface area contributed by atoms with Gasteiger partial charge in [-0.05, 0) is 18.6 Å². The van der Waals surface area contributed by atoms with Gasteiger partial charge >= 0.3 is 11.7 Å². The van der Waals surface area contributed by atoms with Crippen LogP contribution in [0, 0.1) is 6.92 Å². The van der Waals surface area contributed by atoms with E-state index in [1.807, 2.05) is 0 Å². The van der Waals surface area contributed by atoms with Crippen LogP contribution in [-0.4, -0.2) is 38.0 Å². The average Bonchev–Trinajstić information content (AvgIpc) is 2.57. The molecule has 9 nitrogen and oxygen atoms in total. The van der Waals surface area contributed by atoms with Gasteiger partial charge in [0.05, 0.1) is 6.42 Å². The van der Waals surface area contributed by atoms with Gasteiger partial charge in [0, 0.05) is 30.5 Å². The third-order valence-corrected chi connectivity index (χ3v) is 3.86. The highest BCUT2D eigenvalue weighted by atomic mass is 16.4. The van der Waals surface area contributed by atoms with E-state index in [0.717, 1.165) is 4.57 Å². The lowest BCUT2D eigenvalue weighted by atomic mass is 10.1. The Labute approximate surface area is 148 Å². The van der Waals surface area contributed by atoms with E-state index in [4.69, 9.17) is 10.8 Å². The molecule has 0 saturated carbocycles. The summed E-state index contributed by atoms with van der Waals surface area (Å²) in [5.74, 6) is -1.50. The van der Waals surface area contributed by atoms with E-state index in [-0.39, 0.29) is 26.1 Å². The van der Waals surface area contributed by atoms with Crippen molar-refractivity contribution in [1.82, 2.24) is 14.5 Å². The predicted molar refractivity (Wildman–Crippen MR) is 94.6 cm³/mol. The van der Waals surface area contributed by atoms with Crippen molar-refractivity contribution in [2.24, 2.45) is 0 Å². The molecule has 0 atom stereocenters. The Hall–Kier alpha value is -3.36. The summed E-state index contributed by atoms with van der Waals surface area (Å²) in [6.07, 6.45) is 1.06. The highest BCUT2D eigenvalue weighted by Gasteiger charge is 2.18. The number of nitrogens with two attached hydrogens (primary N) is 1. The summed E-state index contributed by atoms with van der Waals surface area (Å²) in [7, 11) is 0. The van der Waals surface area contributed by atoms with Crippen LogP contribution in [0.25, 0.3) is 0 Å². The number of aliphatic carboxylic acids is 1. The van der Waals surface area contributed by atoms with Crippen LogP contribution in [0.1, 0.15) is 17.5 Å². The molecule has 2 rings (SSSR count). The second kappa shape index (κ2) is 8.15. The first-order valence-corrected chi connectivity index (χ1v) is 7.91. The van der Waals surface area contributed by atoms with Crippen molar-refractivity contribution in [3.05, 3.63) is 62.4 Å². The van der Waals surface area contributed by atoms with Gasteiger partial charge in [-0.2, -0.15) is 0 Å². The van der Waals surface area contributed by atoms with Crippen molar-refractivity contribution in [3.8, 4) is 0 Å². The molecule has 26 heavy (non-hydrogen) atoms. The maximum atomic E-state index is 12.6. The van der Waals surface area contributed by atoms with E-state index < -0.39 is 23.1 Å². The van der Waals surface area contributed by atoms with E-state index >= 15 is 0 Å². The second-order valence-corrected chi connectivity index (χ2v) is 5.86. The Morgan fingerprint density at radius 2 is 1.96 bits per heavy atom. The van der Waals surface area contributed by atoms with Crippen LogP contribution in [0.2, 0.25) is 0 Å². The maximum absolute atomic E-state index is 12.6. The van der Waals surface area contributed by atoms with Gasteiger partial charge in [-0.1, -0.05) is 18.2 Å². The Morgan fingerprint density at radius 1 is 1.27 bits per heavy atom. The molecule has 0 radical (unpaired) electrons. The molecule has 1 amide bonds. The van der Waals surface area contributed by atoms with E-state index in [0.29, 0.717) is 16.8 Å². The molecular weight excluding hydrogens is 340 g/mol. The molecule has 0 unspecified atom stereocenters. The first-order chi connectivity index (χ1) is 12.3. The Kier molecular flexibility index (Phi) is 5.94. The van der Waals surface area contributed by atoms with Crippen LogP contribution < -0.4 is 17.0 Å². The number of amides is 1. The van der Waals surface area contributed by atoms with Crippen molar-refractivity contribution < 1.29 is 14.7 Å². The number of hydrogen-bond donors (Lipinski definition) is 3. The number of H-pyrrole nitrogens is 1. The van der Waals surface area contributed by atoms with Crippen molar-refractivity contribution in [2.75, 3.05) is 12.3 Å². The van der Waals surface area contributed by atoms with Gasteiger partial charge in [-0.15, -0.1) is 0 Å². The fourth-order valence-electron chi connectivity index (χ4n) is 2.39. The van der Waals surface area contributed by atoms with Gasteiger partial charge < -0.3 is 15.7 Å². The minimum Gasteiger partial charge on any atom is -0.481 e. The number of anilines is 1. The Balaban J connectivity index is 2.24. The fraction of sp³-hybridized carbons (Fsp3) is 0.294. The van der Waals surface area contributed by atoms with E-state index in [2.05, 4.69) is 4.98 Å². The van der Waals surface area contributed by atoms with Gasteiger partial charge in [-0.3, -0.25) is 23.9 Å². The number of nitrogens with one attached hydrogen (secondary N) is 1. The number of nitrogens with zero attached hydrogens (tertiary/aromatic N) is 2. The molecule has 1 heterocycles. The van der Waals surface area contributed by atoms with Crippen LogP contribution in [0.4, 0.5) is 5.69 Å². The van der Waals surface area contributed by atoms with Gasteiger partial charge in [0.25, 0.3) is 5.56 Å². The number of carbonyl (C=O) groups excluding carboxylic acids is 1. The fourth-order valence-corrected chi connectivity index (χ4v) is 2.39. The van der Waals surface area contributed by atoms with Crippen molar-refractivity contribution in [3.63, 3.8) is 0 Å². The van der Waals surface area contributed by atoms with Crippen LogP contribution in [0.5, 0.6) is 0 Å². The lowest BCUT2D eigenvalue weighted by Crippen LogP contribution is -2.39. The molecule has 0 saturated heterocycles. The molecule has 1 aromatic carbocycles. The average molecular weight is 360 g/mol. The molecule has 0 bridgehead atoms. The number of carboxylic acids is 1. The summed E-state index contributed by atoms with van der Waals surface area (Å²) in [4.78, 5) is 50.2. The molecule has 138 valence electrons. The van der Waals surface area contributed by atoms with Gasteiger partial charge in [-0.25, -0.2) is 4.79 Å². The normalized spacial score (nSPS) is 10.5. The minimum atomic E-state index is -1.04. The molecule has 0 aliphatic heterocycles. The zero-order chi connectivity index (χ0) is 19.3. The smallest absolute Gasteiger partial charge is 0.328 e. The lowest BCUT2D eigenvalue weighted by Gasteiger charge is -2.23. The van der Waals surface area contributed by atoms with Crippen LogP contribution in [0.3, 0.4) is 0 Å². The molecule has 0 aliphatic rings. The molecule has 1 aromatic heterocycles. The Morgan fingerprint density at radius 3 is 2.62 bits per heavy atom. The number of carboxylic acid groups (broad SMARTS) is 1. The standard InChI is InChI=1S/C17H20N4O5/c1-11-8-21(17(26)19-16(11)25)10-14(22)20(7-6-15(23)24)9-12-4-2-3-5-13(12)18/h2-5,8H,6-7,9-10,18H2,1H3,(H,23,24)(H,19,25,26). The van der Waals surface area contributed by atoms with E-state index in [1.54, 1.807) is 24.3 Å². The molecule has 4 N–H and O–H groups in total. The highest BCUT2D eigenvalue weighted by molar-refractivity contribution is 5.77. The SMILES string of the molecule is Cc1cn(CC(=O)N(CCC(=O)O)Cc2ccccc2N)c(=O)[nH]c1=O. The summed E-state index contributed by atoms with van der Waals surface area (Å²) in [6, 6.07) is 6.95. The molecule has 0 fully saturated rings. The summed E-state index contributed by atoms with van der Waals surface area (Å²) >= 11 is 0. The Bertz CT molecular complexity index is 931. The van der Waals surface area contributed by atoms with Gasteiger partial charge in [0.2, 0.25) is 5.91 Å².